The lowest BCUT2D eigenvalue weighted by atomic mass is 9.93. The summed E-state index contributed by atoms with van der Waals surface area (Å²) in [5.41, 5.74) is 0.705. The number of carbonyl (C=O) groups is 1. The van der Waals surface area contributed by atoms with Crippen LogP contribution in [0.2, 0.25) is 0 Å². The highest BCUT2D eigenvalue weighted by Gasteiger charge is 2.18. The summed E-state index contributed by atoms with van der Waals surface area (Å²) in [5.74, 6) is -1.76. The van der Waals surface area contributed by atoms with Gasteiger partial charge in [0.05, 0.1) is 12.5 Å². The molecule has 0 aliphatic rings. The molecule has 0 amide bonds. The van der Waals surface area contributed by atoms with Gasteiger partial charge in [-0.1, -0.05) is 57.4 Å². The number of unbranched alkanes of at least 4 members (excludes halogenated alkanes) is 8. The zero-order valence-corrected chi connectivity index (χ0v) is 18.9. The van der Waals surface area contributed by atoms with Gasteiger partial charge in [-0.15, -0.1) is 0 Å². The molecule has 4 N–H and O–H groups in total. The van der Waals surface area contributed by atoms with Gasteiger partial charge >= 0.3 is 13.6 Å². The Labute approximate surface area is 179 Å². The Morgan fingerprint density at radius 3 is 2.07 bits per heavy atom. The maximum Gasteiger partial charge on any atom is 0.328 e. The highest BCUT2D eigenvalue weighted by molar-refractivity contribution is 7.52. The SMILES string of the molecule is CCOP(=O)(O)CCCCCCCCCCCC(Cc1ccc(O)c(O)c1)C(=O)O. The van der Waals surface area contributed by atoms with Gasteiger partial charge in [-0.2, -0.15) is 0 Å². The fraction of sp³-hybridized carbons (Fsp3) is 0.682. The highest BCUT2D eigenvalue weighted by Crippen LogP contribution is 2.42. The van der Waals surface area contributed by atoms with Crippen LogP contribution in [0.3, 0.4) is 0 Å². The number of phenolic OH excluding ortho intramolecular Hbond substituents is 2. The van der Waals surface area contributed by atoms with Crippen molar-refractivity contribution in [2.75, 3.05) is 12.8 Å². The van der Waals surface area contributed by atoms with Crippen LogP contribution in [0.5, 0.6) is 11.5 Å². The average molecular weight is 445 g/mol. The van der Waals surface area contributed by atoms with Crippen molar-refractivity contribution >= 4 is 13.6 Å². The Bertz CT molecular complexity index is 677. The number of aromatic hydroxyl groups is 2. The zero-order valence-electron chi connectivity index (χ0n) is 18.0. The third-order valence-corrected chi connectivity index (χ3v) is 6.74. The number of hydrogen-bond acceptors (Lipinski definition) is 5. The van der Waals surface area contributed by atoms with Crippen LogP contribution in [-0.4, -0.2) is 39.0 Å². The van der Waals surface area contributed by atoms with Crippen molar-refractivity contribution in [3.8, 4) is 11.5 Å². The minimum atomic E-state index is -3.37. The number of rotatable bonds is 17. The second kappa shape index (κ2) is 14.4. The quantitative estimate of drug-likeness (QED) is 0.143. The first-order valence-corrected chi connectivity index (χ1v) is 12.7. The van der Waals surface area contributed by atoms with Crippen LogP contribution >= 0.6 is 7.60 Å². The van der Waals surface area contributed by atoms with Gasteiger partial charge < -0.3 is 24.7 Å². The molecule has 2 atom stereocenters. The molecule has 7 nitrogen and oxygen atoms in total. The zero-order chi connectivity index (χ0) is 22.4. The molecular formula is C22H37O7P. The van der Waals surface area contributed by atoms with Crippen molar-refractivity contribution < 1.29 is 34.1 Å². The molecule has 2 unspecified atom stereocenters. The lowest BCUT2D eigenvalue weighted by Gasteiger charge is -2.13. The first kappa shape index (κ1) is 26.5. The van der Waals surface area contributed by atoms with Crippen LogP contribution in [0.4, 0.5) is 0 Å². The molecule has 0 saturated heterocycles. The predicted molar refractivity (Wildman–Crippen MR) is 117 cm³/mol. The summed E-state index contributed by atoms with van der Waals surface area (Å²) < 4.78 is 16.4. The monoisotopic (exact) mass is 444 g/mol. The van der Waals surface area contributed by atoms with Crippen LogP contribution in [0.15, 0.2) is 18.2 Å². The molecule has 0 bridgehead atoms. The topological polar surface area (TPSA) is 124 Å². The number of aliphatic carboxylic acids is 1. The summed E-state index contributed by atoms with van der Waals surface area (Å²) >= 11 is 0. The standard InChI is InChI=1S/C22H37O7P/c1-2-29-30(27,28)15-11-9-7-5-3-4-6-8-10-12-19(22(25)26)16-18-13-14-20(23)21(24)17-18/h13-14,17,19,23-24H,2-12,15-16H2,1H3,(H,25,26)(H,27,28). The molecule has 0 aliphatic heterocycles. The van der Waals surface area contributed by atoms with Crippen LogP contribution in [0.25, 0.3) is 0 Å². The average Bonchev–Trinajstić information content (AvgIpc) is 2.67. The van der Waals surface area contributed by atoms with Gasteiger partial charge in [0.25, 0.3) is 0 Å². The van der Waals surface area contributed by atoms with Gasteiger partial charge in [0.2, 0.25) is 0 Å². The Morgan fingerprint density at radius 1 is 0.967 bits per heavy atom. The van der Waals surface area contributed by atoms with Crippen molar-refractivity contribution in [2.45, 2.75) is 77.6 Å². The van der Waals surface area contributed by atoms with Crippen LogP contribution in [0.1, 0.15) is 76.7 Å². The van der Waals surface area contributed by atoms with Gasteiger partial charge in [0.1, 0.15) is 0 Å². The molecule has 0 radical (unpaired) electrons. The van der Waals surface area contributed by atoms with E-state index >= 15 is 0 Å². The van der Waals surface area contributed by atoms with Crippen molar-refractivity contribution in [1.29, 1.82) is 0 Å². The largest absolute Gasteiger partial charge is 0.504 e. The predicted octanol–water partition coefficient (Wildman–Crippen LogP) is 5.46. The van der Waals surface area contributed by atoms with E-state index in [0.29, 0.717) is 24.8 Å². The number of carboxylic acids is 1. The van der Waals surface area contributed by atoms with Crippen molar-refractivity contribution in [2.24, 2.45) is 5.92 Å². The summed E-state index contributed by atoms with van der Waals surface area (Å²) in [7, 11) is -3.37. The third kappa shape index (κ3) is 11.6. The van der Waals surface area contributed by atoms with Crippen LogP contribution < -0.4 is 0 Å². The van der Waals surface area contributed by atoms with Gasteiger partial charge in [-0.25, -0.2) is 0 Å². The Morgan fingerprint density at radius 2 is 1.53 bits per heavy atom. The molecule has 8 heteroatoms. The fourth-order valence-electron chi connectivity index (χ4n) is 3.50. The Kier molecular flexibility index (Phi) is 12.7. The van der Waals surface area contributed by atoms with E-state index in [2.05, 4.69) is 0 Å². The van der Waals surface area contributed by atoms with Crippen molar-refractivity contribution in [3.05, 3.63) is 23.8 Å². The number of hydrogen-bond donors (Lipinski definition) is 4. The summed E-state index contributed by atoms with van der Waals surface area (Å²) in [6.45, 7) is 1.98. The Hall–Kier alpha value is -1.56. The normalized spacial score (nSPS) is 14.3. The van der Waals surface area contributed by atoms with Gasteiger partial charge in [0.15, 0.2) is 11.5 Å². The van der Waals surface area contributed by atoms with E-state index in [-0.39, 0.29) is 24.3 Å². The number of phenols is 2. The molecule has 1 aromatic rings. The molecule has 0 saturated carbocycles. The van der Waals surface area contributed by atoms with Crippen LogP contribution in [0, 0.1) is 5.92 Å². The Balaban J connectivity index is 2.09. The van der Waals surface area contributed by atoms with Crippen molar-refractivity contribution in [3.63, 3.8) is 0 Å². The van der Waals surface area contributed by atoms with E-state index < -0.39 is 19.5 Å². The highest BCUT2D eigenvalue weighted by atomic mass is 31.2. The maximum absolute atomic E-state index is 11.5. The van der Waals surface area contributed by atoms with Crippen LogP contribution in [-0.2, 0) is 20.3 Å². The van der Waals surface area contributed by atoms with Gasteiger partial charge in [-0.05, 0) is 43.9 Å². The molecule has 0 heterocycles. The second-order valence-electron chi connectivity index (χ2n) is 7.81. The summed E-state index contributed by atoms with van der Waals surface area (Å²) in [5, 5.41) is 28.3. The number of benzene rings is 1. The molecule has 0 aliphatic carbocycles. The molecule has 30 heavy (non-hydrogen) atoms. The van der Waals surface area contributed by atoms with Gasteiger partial charge in [0, 0.05) is 6.16 Å². The minimum absolute atomic E-state index is 0.204. The summed E-state index contributed by atoms with van der Waals surface area (Å²) in [6.07, 6.45) is 10.1. The first-order valence-electron chi connectivity index (χ1n) is 10.9. The van der Waals surface area contributed by atoms with E-state index in [1.807, 2.05) is 0 Å². The molecule has 1 aromatic carbocycles. The first-order chi connectivity index (χ1) is 14.2. The van der Waals surface area contributed by atoms with E-state index in [1.54, 1.807) is 13.0 Å². The minimum Gasteiger partial charge on any atom is -0.504 e. The van der Waals surface area contributed by atoms with Crippen molar-refractivity contribution in [1.82, 2.24) is 0 Å². The smallest absolute Gasteiger partial charge is 0.328 e. The molecule has 0 aromatic heterocycles. The van der Waals surface area contributed by atoms with E-state index in [1.165, 1.54) is 12.1 Å². The second-order valence-corrected chi connectivity index (χ2v) is 9.79. The maximum atomic E-state index is 11.5. The molecular weight excluding hydrogens is 407 g/mol. The molecule has 0 fully saturated rings. The van der Waals surface area contributed by atoms with Gasteiger partial charge in [-0.3, -0.25) is 9.36 Å². The van der Waals surface area contributed by atoms with E-state index in [0.717, 1.165) is 51.4 Å². The third-order valence-electron chi connectivity index (χ3n) is 5.20. The lowest BCUT2D eigenvalue weighted by molar-refractivity contribution is -0.142. The number of carboxylic acid groups (broad SMARTS) is 1. The summed E-state index contributed by atoms with van der Waals surface area (Å²) in [4.78, 5) is 21.0. The summed E-state index contributed by atoms with van der Waals surface area (Å²) in [6, 6.07) is 4.44. The lowest BCUT2D eigenvalue weighted by Crippen LogP contribution is -2.16. The van der Waals surface area contributed by atoms with E-state index in [9.17, 15) is 29.6 Å². The molecule has 1 rings (SSSR count). The molecule has 0 spiro atoms. The van der Waals surface area contributed by atoms with E-state index in [4.69, 9.17) is 4.52 Å². The molecule has 172 valence electrons. The fourth-order valence-corrected chi connectivity index (χ4v) is 4.66.